The lowest BCUT2D eigenvalue weighted by atomic mass is 9.81. The number of carbonyl (C=O) groups excluding carboxylic acids is 1. The summed E-state index contributed by atoms with van der Waals surface area (Å²) in [4.78, 5) is 25.7. The van der Waals surface area contributed by atoms with Gasteiger partial charge in [0, 0.05) is 31.7 Å². The van der Waals surface area contributed by atoms with Crippen LogP contribution in [0.1, 0.15) is 25.0 Å². The van der Waals surface area contributed by atoms with Crippen molar-refractivity contribution in [1.82, 2.24) is 10.2 Å². The number of benzene rings is 1. The number of rotatable bonds is 6. The highest BCUT2D eigenvalue weighted by Crippen LogP contribution is 2.40. The zero-order valence-electron chi connectivity index (χ0n) is 14.5. The van der Waals surface area contributed by atoms with Crippen LogP contribution in [0.5, 0.6) is 5.75 Å². The first-order valence-electron chi connectivity index (χ1n) is 8.48. The van der Waals surface area contributed by atoms with Crippen LogP contribution in [0.15, 0.2) is 18.2 Å². The van der Waals surface area contributed by atoms with Gasteiger partial charge in [-0.1, -0.05) is 6.07 Å². The first-order valence-corrected chi connectivity index (χ1v) is 8.48. The Morgan fingerprint density at radius 1 is 1.48 bits per heavy atom. The lowest BCUT2D eigenvalue weighted by Gasteiger charge is -2.22. The Labute approximate surface area is 146 Å². The minimum absolute atomic E-state index is 0.0167. The van der Waals surface area contributed by atoms with Crippen LogP contribution in [0.2, 0.25) is 0 Å². The van der Waals surface area contributed by atoms with Crippen molar-refractivity contribution in [2.45, 2.75) is 33.1 Å². The third-order valence-corrected chi connectivity index (χ3v) is 5.00. The third-order valence-electron chi connectivity index (χ3n) is 5.00. The van der Waals surface area contributed by atoms with Crippen molar-refractivity contribution in [3.05, 3.63) is 29.3 Å². The molecule has 2 aliphatic heterocycles. The molecule has 2 heterocycles. The normalized spacial score (nSPS) is 25.9. The van der Waals surface area contributed by atoms with E-state index in [-0.39, 0.29) is 25.2 Å². The summed E-state index contributed by atoms with van der Waals surface area (Å²) < 4.78 is 5.68. The van der Waals surface area contributed by atoms with E-state index >= 15 is 0 Å². The zero-order chi connectivity index (χ0) is 18.2. The number of aliphatic carboxylic acids is 1. The highest BCUT2D eigenvalue weighted by molar-refractivity contribution is 5.92. The van der Waals surface area contributed by atoms with Crippen molar-refractivity contribution < 1.29 is 24.5 Å². The fourth-order valence-corrected chi connectivity index (χ4v) is 3.78. The standard InChI is InChI=1S/C18H24N2O5/c1-11(2)25-15-4-3-12(5-13(15)8-21)6-20-7-14-16(22)19-9-18(14,10-20)17(23)24/h3-5,11,14,21H,6-10H2,1-2H3,(H,19,22)(H,23,24)/t14-,18+/m0/s1. The molecule has 2 atom stereocenters. The largest absolute Gasteiger partial charge is 0.491 e. The molecular weight excluding hydrogens is 324 g/mol. The van der Waals surface area contributed by atoms with Crippen molar-refractivity contribution in [3.8, 4) is 5.75 Å². The number of fused-ring (bicyclic) bond motifs is 1. The Morgan fingerprint density at radius 2 is 2.24 bits per heavy atom. The Hall–Kier alpha value is -2.12. The number of aliphatic hydroxyl groups excluding tert-OH is 1. The number of nitrogens with zero attached hydrogens (tertiary/aromatic N) is 1. The number of aliphatic hydroxyl groups is 1. The van der Waals surface area contributed by atoms with E-state index in [4.69, 9.17) is 4.74 Å². The highest BCUT2D eigenvalue weighted by Gasteiger charge is 2.59. The van der Waals surface area contributed by atoms with Crippen LogP contribution in [-0.2, 0) is 22.7 Å². The summed E-state index contributed by atoms with van der Waals surface area (Å²) in [5, 5.41) is 21.9. The van der Waals surface area contributed by atoms with E-state index in [0.717, 1.165) is 5.56 Å². The van der Waals surface area contributed by atoms with Crippen LogP contribution in [0.3, 0.4) is 0 Å². The molecule has 1 aromatic rings. The van der Waals surface area contributed by atoms with Crippen LogP contribution >= 0.6 is 0 Å². The average Bonchev–Trinajstić information content (AvgIpc) is 3.07. The van der Waals surface area contributed by atoms with E-state index in [2.05, 4.69) is 5.32 Å². The zero-order valence-corrected chi connectivity index (χ0v) is 14.5. The van der Waals surface area contributed by atoms with Gasteiger partial charge in [0.25, 0.3) is 0 Å². The smallest absolute Gasteiger partial charge is 0.313 e. The first-order chi connectivity index (χ1) is 11.9. The van der Waals surface area contributed by atoms with Gasteiger partial charge in [0.1, 0.15) is 11.2 Å². The van der Waals surface area contributed by atoms with Crippen LogP contribution in [0, 0.1) is 11.3 Å². The summed E-state index contributed by atoms with van der Waals surface area (Å²) in [6.07, 6.45) is 0.0167. The molecule has 0 bridgehead atoms. The quantitative estimate of drug-likeness (QED) is 0.696. The Balaban J connectivity index is 1.75. The molecule has 1 aromatic carbocycles. The predicted octanol–water partition coefficient (Wildman–Crippen LogP) is 0.599. The van der Waals surface area contributed by atoms with Gasteiger partial charge in [-0.05, 0) is 31.5 Å². The fraction of sp³-hybridized carbons (Fsp3) is 0.556. The van der Waals surface area contributed by atoms with Crippen LogP contribution in [0.25, 0.3) is 0 Å². The molecule has 2 fully saturated rings. The number of carbonyl (C=O) groups is 2. The molecule has 0 unspecified atom stereocenters. The molecule has 0 aromatic heterocycles. The third kappa shape index (κ3) is 3.21. The van der Waals surface area contributed by atoms with Crippen molar-refractivity contribution in [2.24, 2.45) is 11.3 Å². The van der Waals surface area contributed by atoms with E-state index in [1.807, 2.05) is 36.9 Å². The van der Waals surface area contributed by atoms with Crippen LogP contribution in [0.4, 0.5) is 0 Å². The van der Waals surface area contributed by atoms with E-state index in [1.54, 1.807) is 0 Å². The minimum atomic E-state index is -1.03. The van der Waals surface area contributed by atoms with Crippen molar-refractivity contribution in [3.63, 3.8) is 0 Å². The SMILES string of the molecule is CC(C)Oc1ccc(CN2C[C@H]3C(=O)NC[C@@]3(C(=O)O)C2)cc1CO. The van der Waals surface area contributed by atoms with Gasteiger partial charge in [-0.25, -0.2) is 0 Å². The number of hydrogen-bond acceptors (Lipinski definition) is 5. The van der Waals surface area contributed by atoms with Gasteiger partial charge in [-0.2, -0.15) is 0 Å². The summed E-state index contributed by atoms with van der Waals surface area (Å²) >= 11 is 0. The number of hydrogen-bond donors (Lipinski definition) is 3. The van der Waals surface area contributed by atoms with Gasteiger partial charge >= 0.3 is 5.97 Å². The molecule has 2 saturated heterocycles. The number of carboxylic acid groups (broad SMARTS) is 1. The number of carboxylic acids is 1. The Kier molecular flexibility index (Phi) is 4.71. The summed E-state index contributed by atoms with van der Waals surface area (Å²) in [6, 6.07) is 5.62. The van der Waals surface area contributed by atoms with E-state index in [1.165, 1.54) is 0 Å². The summed E-state index contributed by atoms with van der Waals surface area (Å²) in [5.74, 6) is -0.955. The van der Waals surface area contributed by atoms with Gasteiger partial charge in [-0.15, -0.1) is 0 Å². The monoisotopic (exact) mass is 348 g/mol. The van der Waals surface area contributed by atoms with Gasteiger partial charge in [0.2, 0.25) is 5.91 Å². The maximum atomic E-state index is 12.0. The molecule has 7 nitrogen and oxygen atoms in total. The molecule has 0 saturated carbocycles. The Bertz CT molecular complexity index is 690. The maximum absolute atomic E-state index is 12.0. The number of nitrogens with one attached hydrogen (secondary N) is 1. The predicted molar refractivity (Wildman–Crippen MR) is 90.0 cm³/mol. The molecule has 0 radical (unpaired) electrons. The molecule has 0 aliphatic carbocycles. The van der Waals surface area contributed by atoms with Gasteiger partial charge in [0.15, 0.2) is 0 Å². The highest BCUT2D eigenvalue weighted by atomic mass is 16.5. The maximum Gasteiger partial charge on any atom is 0.313 e. The van der Waals surface area contributed by atoms with E-state index < -0.39 is 17.3 Å². The fourth-order valence-electron chi connectivity index (χ4n) is 3.78. The Morgan fingerprint density at radius 3 is 2.84 bits per heavy atom. The molecule has 25 heavy (non-hydrogen) atoms. The number of amides is 1. The molecule has 0 spiro atoms. The van der Waals surface area contributed by atoms with Crippen molar-refractivity contribution >= 4 is 11.9 Å². The lowest BCUT2D eigenvalue weighted by molar-refractivity contribution is -0.149. The molecule has 7 heteroatoms. The summed E-state index contributed by atoms with van der Waals surface area (Å²) in [7, 11) is 0. The van der Waals surface area contributed by atoms with Gasteiger partial charge < -0.3 is 20.3 Å². The van der Waals surface area contributed by atoms with E-state index in [0.29, 0.717) is 30.9 Å². The average molecular weight is 348 g/mol. The van der Waals surface area contributed by atoms with Gasteiger partial charge in [0.05, 0.1) is 18.6 Å². The molecule has 1 amide bonds. The summed E-state index contributed by atoms with van der Waals surface area (Å²) in [5.41, 5.74) is 0.634. The summed E-state index contributed by atoms with van der Waals surface area (Å²) in [6.45, 7) is 5.21. The molecular formula is C18H24N2O5. The lowest BCUT2D eigenvalue weighted by Crippen LogP contribution is -2.40. The second-order valence-corrected chi connectivity index (χ2v) is 7.17. The van der Waals surface area contributed by atoms with Crippen molar-refractivity contribution in [2.75, 3.05) is 19.6 Å². The van der Waals surface area contributed by atoms with Gasteiger partial charge in [-0.3, -0.25) is 14.5 Å². The first kappa shape index (κ1) is 17.7. The molecule has 3 N–H and O–H groups in total. The topological polar surface area (TPSA) is 99.1 Å². The van der Waals surface area contributed by atoms with Crippen LogP contribution in [-0.4, -0.2) is 52.7 Å². The molecule has 2 aliphatic rings. The van der Waals surface area contributed by atoms with Crippen LogP contribution < -0.4 is 10.1 Å². The molecule has 136 valence electrons. The number of ether oxygens (including phenoxy) is 1. The second-order valence-electron chi connectivity index (χ2n) is 7.17. The second kappa shape index (κ2) is 6.65. The van der Waals surface area contributed by atoms with E-state index in [9.17, 15) is 19.8 Å². The van der Waals surface area contributed by atoms with Crippen molar-refractivity contribution in [1.29, 1.82) is 0 Å². The number of likely N-dealkylation sites (tertiary alicyclic amines) is 1. The molecule has 3 rings (SSSR count). The minimum Gasteiger partial charge on any atom is -0.491 e.